The summed E-state index contributed by atoms with van der Waals surface area (Å²) < 4.78 is 23.0. The van der Waals surface area contributed by atoms with E-state index in [0.717, 1.165) is 5.56 Å². The molecule has 0 spiro atoms. The lowest BCUT2D eigenvalue weighted by Crippen LogP contribution is -2.31. The molecule has 0 bridgehead atoms. The number of benzene rings is 2. The Morgan fingerprint density at radius 3 is 2.65 bits per heavy atom. The summed E-state index contributed by atoms with van der Waals surface area (Å²) in [5, 5.41) is 0.450. The zero-order chi connectivity index (χ0) is 24.1. The molecular formula is C27H29NO6. The third-order valence-corrected chi connectivity index (χ3v) is 5.71. The highest BCUT2D eigenvalue weighted by atomic mass is 16.5. The SMILES string of the molecule is C=CCOc1ccc([C@H]2c3c(oc4ccccc4c3=O)C(=O)N2CCCOCC)cc1OCC. The number of para-hydroxylation sites is 1. The van der Waals surface area contributed by atoms with Gasteiger partial charge in [0, 0.05) is 19.8 Å². The van der Waals surface area contributed by atoms with Gasteiger partial charge >= 0.3 is 0 Å². The summed E-state index contributed by atoms with van der Waals surface area (Å²) in [4.78, 5) is 28.7. The van der Waals surface area contributed by atoms with E-state index < -0.39 is 6.04 Å². The Morgan fingerprint density at radius 2 is 1.88 bits per heavy atom. The van der Waals surface area contributed by atoms with Gasteiger partial charge in [0.1, 0.15) is 12.2 Å². The summed E-state index contributed by atoms with van der Waals surface area (Å²) in [7, 11) is 0. The van der Waals surface area contributed by atoms with E-state index in [0.29, 0.717) is 67.4 Å². The molecule has 1 atom stereocenters. The molecule has 0 N–H and O–H groups in total. The summed E-state index contributed by atoms with van der Waals surface area (Å²) in [6.07, 6.45) is 2.29. The summed E-state index contributed by atoms with van der Waals surface area (Å²) in [5.41, 5.74) is 1.30. The molecule has 0 saturated carbocycles. The van der Waals surface area contributed by atoms with E-state index in [9.17, 15) is 9.59 Å². The van der Waals surface area contributed by atoms with Crippen LogP contribution < -0.4 is 14.9 Å². The quantitative estimate of drug-likeness (QED) is 0.302. The van der Waals surface area contributed by atoms with E-state index in [2.05, 4.69) is 6.58 Å². The molecule has 4 rings (SSSR count). The van der Waals surface area contributed by atoms with Crippen LogP contribution in [0, 0.1) is 0 Å². The van der Waals surface area contributed by atoms with Crippen LogP contribution in [-0.2, 0) is 4.74 Å². The predicted molar refractivity (Wildman–Crippen MR) is 130 cm³/mol. The van der Waals surface area contributed by atoms with Gasteiger partial charge in [0.15, 0.2) is 16.9 Å². The Kier molecular flexibility index (Phi) is 7.33. The number of hydrogen-bond acceptors (Lipinski definition) is 6. The predicted octanol–water partition coefficient (Wildman–Crippen LogP) is 4.73. The number of fused-ring (bicyclic) bond motifs is 2. The first kappa shape index (κ1) is 23.6. The highest BCUT2D eigenvalue weighted by Crippen LogP contribution is 2.41. The van der Waals surface area contributed by atoms with Gasteiger partial charge in [0.25, 0.3) is 5.91 Å². The van der Waals surface area contributed by atoms with Gasteiger partial charge in [0.2, 0.25) is 5.76 Å². The molecule has 34 heavy (non-hydrogen) atoms. The number of rotatable bonds is 11. The smallest absolute Gasteiger partial charge is 0.290 e. The second-order valence-corrected chi connectivity index (χ2v) is 7.86. The fourth-order valence-electron chi connectivity index (χ4n) is 4.26. The van der Waals surface area contributed by atoms with Crippen LogP contribution in [0.5, 0.6) is 11.5 Å². The van der Waals surface area contributed by atoms with Gasteiger partial charge in [-0.25, -0.2) is 0 Å². The third-order valence-electron chi connectivity index (χ3n) is 5.71. The van der Waals surface area contributed by atoms with Crippen molar-refractivity contribution in [2.24, 2.45) is 0 Å². The Morgan fingerprint density at radius 1 is 1.06 bits per heavy atom. The maximum absolute atomic E-state index is 13.6. The number of hydrogen-bond donors (Lipinski definition) is 0. The second kappa shape index (κ2) is 10.6. The fourth-order valence-corrected chi connectivity index (χ4v) is 4.26. The van der Waals surface area contributed by atoms with Gasteiger partial charge in [-0.2, -0.15) is 0 Å². The number of carbonyl (C=O) groups excluding carboxylic acids is 1. The molecule has 1 aliphatic heterocycles. The largest absolute Gasteiger partial charge is 0.490 e. The van der Waals surface area contributed by atoms with Gasteiger partial charge in [-0.3, -0.25) is 9.59 Å². The fraction of sp³-hybridized carbons (Fsp3) is 0.333. The van der Waals surface area contributed by atoms with E-state index in [-0.39, 0.29) is 17.1 Å². The molecule has 0 unspecified atom stereocenters. The maximum Gasteiger partial charge on any atom is 0.290 e. The Labute approximate surface area is 198 Å². The van der Waals surface area contributed by atoms with Crippen molar-refractivity contribution < 1.29 is 23.4 Å². The summed E-state index contributed by atoms with van der Waals surface area (Å²) in [6.45, 7) is 9.83. The van der Waals surface area contributed by atoms with E-state index >= 15 is 0 Å². The van der Waals surface area contributed by atoms with Crippen molar-refractivity contribution in [2.75, 3.05) is 33.0 Å². The monoisotopic (exact) mass is 463 g/mol. The van der Waals surface area contributed by atoms with Gasteiger partial charge in [-0.15, -0.1) is 0 Å². The van der Waals surface area contributed by atoms with Crippen LogP contribution >= 0.6 is 0 Å². The zero-order valence-electron chi connectivity index (χ0n) is 19.5. The van der Waals surface area contributed by atoms with Crippen molar-refractivity contribution in [3.05, 3.63) is 82.2 Å². The summed E-state index contributed by atoms with van der Waals surface area (Å²) >= 11 is 0. The van der Waals surface area contributed by atoms with Crippen molar-refractivity contribution in [1.82, 2.24) is 4.90 Å². The average molecular weight is 464 g/mol. The van der Waals surface area contributed by atoms with Crippen molar-refractivity contribution in [2.45, 2.75) is 26.3 Å². The van der Waals surface area contributed by atoms with Crippen molar-refractivity contribution in [3.8, 4) is 11.5 Å². The maximum atomic E-state index is 13.6. The molecule has 2 aromatic carbocycles. The molecule has 7 nitrogen and oxygen atoms in total. The second-order valence-electron chi connectivity index (χ2n) is 7.86. The molecular weight excluding hydrogens is 434 g/mol. The van der Waals surface area contributed by atoms with Crippen LogP contribution in [0.25, 0.3) is 11.0 Å². The molecule has 7 heteroatoms. The Bertz CT molecular complexity index is 1250. The van der Waals surface area contributed by atoms with Crippen LogP contribution in [0.4, 0.5) is 0 Å². The van der Waals surface area contributed by atoms with Crippen LogP contribution in [0.15, 0.2) is 64.3 Å². The van der Waals surface area contributed by atoms with Gasteiger partial charge < -0.3 is 23.5 Å². The molecule has 1 amide bonds. The van der Waals surface area contributed by atoms with Crippen molar-refractivity contribution >= 4 is 16.9 Å². The Hall–Kier alpha value is -3.58. The molecule has 1 aromatic heterocycles. The highest BCUT2D eigenvalue weighted by molar-refractivity contribution is 5.99. The molecule has 0 radical (unpaired) electrons. The average Bonchev–Trinajstić information content (AvgIpc) is 3.13. The lowest BCUT2D eigenvalue weighted by atomic mass is 9.98. The highest BCUT2D eigenvalue weighted by Gasteiger charge is 2.42. The number of nitrogens with zero attached hydrogens (tertiary/aromatic N) is 1. The van der Waals surface area contributed by atoms with Gasteiger partial charge in [-0.05, 0) is 50.1 Å². The molecule has 0 fully saturated rings. The molecule has 3 aromatic rings. The lowest BCUT2D eigenvalue weighted by molar-refractivity contribution is 0.0695. The topological polar surface area (TPSA) is 78.2 Å². The molecule has 178 valence electrons. The van der Waals surface area contributed by atoms with Crippen molar-refractivity contribution in [3.63, 3.8) is 0 Å². The first-order chi connectivity index (χ1) is 16.6. The minimum atomic E-state index is -0.599. The normalized spacial score (nSPS) is 14.9. The zero-order valence-corrected chi connectivity index (χ0v) is 19.5. The lowest BCUT2D eigenvalue weighted by Gasteiger charge is -2.26. The van der Waals surface area contributed by atoms with Crippen LogP contribution in [0.2, 0.25) is 0 Å². The first-order valence-electron chi connectivity index (χ1n) is 11.6. The summed E-state index contributed by atoms with van der Waals surface area (Å²) in [6, 6.07) is 11.9. The molecule has 1 aliphatic rings. The van der Waals surface area contributed by atoms with Crippen LogP contribution in [0.1, 0.15) is 48.0 Å². The summed E-state index contributed by atoms with van der Waals surface area (Å²) in [5.74, 6) is 0.907. The van der Waals surface area contributed by atoms with E-state index in [1.54, 1.807) is 41.3 Å². The minimum Gasteiger partial charge on any atom is -0.490 e. The van der Waals surface area contributed by atoms with Gasteiger partial charge in [-0.1, -0.05) is 30.9 Å². The van der Waals surface area contributed by atoms with Crippen molar-refractivity contribution in [1.29, 1.82) is 0 Å². The van der Waals surface area contributed by atoms with E-state index in [4.69, 9.17) is 18.6 Å². The number of amides is 1. The van der Waals surface area contributed by atoms with E-state index in [1.165, 1.54) is 0 Å². The standard InChI is InChI=1S/C27H29NO6/c1-4-15-33-21-13-12-18(17-22(21)32-6-3)24-23-25(29)19-10-7-8-11-20(19)34-26(23)27(30)28(24)14-9-16-31-5-2/h4,7-8,10-13,17,24H,1,5-6,9,14-16H2,2-3H3/t24-/m0/s1. The number of carbonyl (C=O) groups is 1. The third kappa shape index (κ3) is 4.43. The molecule has 0 saturated heterocycles. The van der Waals surface area contributed by atoms with E-state index in [1.807, 2.05) is 26.0 Å². The first-order valence-corrected chi connectivity index (χ1v) is 11.6. The minimum absolute atomic E-state index is 0.0926. The number of ether oxygens (including phenoxy) is 3. The van der Waals surface area contributed by atoms with Crippen LogP contribution in [-0.4, -0.2) is 43.8 Å². The van der Waals surface area contributed by atoms with Crippen LogP contribution in [0.3, 0.4) is 0 Å². The Balaban J connectivity index is 1.83. The molecule has 0 aliphatic carbocycles. The molecule has 2 heterocycles. The van der Waals surface area contributed by atoms with Gasteiger partial charge in [0.05, 0.1) is 23.6 Å².